The number of benzene rings is 2. The number of amides is 1. The third-order valence-electron chi connectivity index (χ3n) is 3.45. The second-order valence-electron chi connectivity index (χ2n) is 5.19. The van der Waals surface area contributed by atoms with E-state index in [4.69, 9.17) is 16.0 Å². The Balaban J connectivity index is 1.73. The van der Waals surface area contributed by atoms with Crippen LogP contribution in [0.3, 0.4) is 0 Å². The van der Waals surface area contributed by atoms with Gasteiger partial charge >= 0.3 is 0 Å². The van der Waals surface area contributed by atoms with Crippen LogP contribution in [-0.4, -0.2) is 17.0 Å². The zero-order valence-corrected chi connectivity index (χ0v) is 14.0. The van der Waals surface area contributed by atoms with Gasteiger partial charge in [-0.1, -0.05) is 29.8 Å². The molecule has 26 heavy (non-hydrogen) atoms. The Morgan fingerprint density at radius 2 is 1.92 bits per heavy atom. The van der Waals surface area contributed by atoms with E-state index in [-0.39, 0.29) is 11.6 Å². The summed E-state index contributed by atoms with van der Waals surface area (Å²) in [5.41, 5.74) is 3.17. The van der Waals surface area contributed by atoms with Crippen molar-refractivity contribution in [1.29, 1.82) is 0 Å². The molecule has 0 aliphatic rings. The van der Waals surface area contributed by atoms with Crippen molar-refractivity contribution < 1.29 is 14.1 Å². The normalized spacial score (nSPS) is 10.8. The van der Waals surface area contributed by atoms with Crippen molar-refractivity contribution in [2.45, 2.75) is 0 Å². The number of nitro groups is 1. The second-order valence-corrected chi connectivity index (χ2v) is 5.60. The highest BCUT2D eigenvalue weighted by Gasteiger charge is 2.14. The Hall–Kier alpha value is -3.45. The molecule has 3 rings (SSSR count). The zero-order valence-electron chi connectivity index (χ0n) is 13.3. The molecule has 0 saturated carbocycles. The first-order valence-corrected chi connectivity index (χ1v) is 7.85. The summed E-state index contributed by atoms with van der Waals surface area (Å²) < 4.78 is 5.57. The van der Waals surface area contributed by atoms with Crippen molar-refractivity contribution in [3.8, 4) is 11.3 Å². The van der Waals surface area contributed by atoms with Gasteiger partial charge in [-0.15, -0.1) is 0 Å². The van der Waals surface area contributed by atoms with E-state index >= 15 is 0 Å². The summed E-state index contributed by atoms with van der Waals surface area (Å²) in [4.78, 5) is 22.3. The number of nitro benzene ring substituents is 1. The number of nitrogens with zero attached hydrogens (tertiary/aromatic N) is 2. The molecule has 0 bridgehead atoms. The average molecular weight is 370 g/mol. The molecule has 0 saturated heterocycles. The summed E-state index contributed by atoms with van der Waals surface area (Å²) in [5, 5.41) is 15.1. The first-order chi connectivity index (χ1) is 12.5. The number of halogens is 1. The van der Waals surface area contributed by atoms with Gasteiger partial charge in [0.15, 0.2) is 0 Å². The lowest BCUT2D eigenvalue weighted by molar-refractivity contribution is -0.384. The SMILES string of the molecule is O=C(NN=Cc1ccc(-c2cc([N+](=O)[O-])ccc2Cl)o1)c1ccccc1. The van der Waals surface area contributed by atoms with Gasteiger partial charge < -0.3 is 4.42 Å². The third kappa shape index (κ3) is 3.96. The number of rotatable bonds is 5. The number of carbonyl (C=O) groups is 1. The summed E-state index contributed by atoms with van der Waals surface area (Å²) in [7, 11) is 0. The maximum atomic E-state index is 11.9. The molecule has 8 heteroatoms. The van der Waals surface area contributed by atoms with Crippen LogP contribution in [0.2, 0.25) is 5.02 Å². The molecule has 0 aliphatic heterocycles. The molecule has 3 aromatic rings. The smallest absolute Gasteiger partial charge is 0.271 e. The van der Waals surface area contributed by atoms with Crippen molar-refractivity contribution in [2.75, 3.05) is 0 Å². The molecule has 0 fully saturated rings. The van der Waals surface area contributed by atoms with Crippen LogP contribution in [0.25, 0.3) is 11.3 Å². The summed E-state index contributed by atoms with van der Waals surface area (Å²) in [5.74, 6) is 0.362. The molecule has 0 spiro atoms. The predicted octanol–water partition coefficient (Wildman–Crippen LogP) is 4.27. The second kappa shape index (κ2) is 7.62. The molecular formula is C18H12ClN3O4. The van der Waals surface area contributed by atoms with Gasteiger partial charge in [0, 0.05) is 23.3 Å². The zero-order chi connectivity index (χ0) is 18.5. The van der Waals surface area contributed by atoms with Gasteiger partial charge in [-0.25, -0.2) is 5.43 Å². The Morgan fingerprint density at radius 3 is 2.65 bits per heavy atom. The van der Waals surface area contributed by atoms with E-state index in [0.717, 1.165) is 0 Å². The molecule has 2 aromatic carbocycles. The highest BCUT2D eigenvalue weighted by Crippen LogP contribution is 2.32. The minimum atomic E-state index is -0.510. The maximum Gasteiger partial charge on any atom is 0.271 e. The Labute approximate surface area is 153 Å². The Bertz CT molecular complexity index is 983. The van der Waals surface area contributed by atoms with Gasteiger partial charge in [0.05, 0.1) is 16.2 Å². The van der Waals surface area contributed by atoms with Crippen LogP contribution in [-0.2, 0) is 0 Å². The quantitative estimate of drug-likeness (QED) is 0.412. The molecule has 1 amide bonds. The fourth-order valence-corrected chi connectivity index (χ4v) is 2.40. The molecule has 1 aromatic heterocycles. The lowest BCUT2D eigenvalue weighted by Crippen LogP contribution is -2.17. The van der Waals surface area contributed by atoms with E-state index < -0.39 is 4.92 Å². The van der Waals surface area contributed by atoms with E-state index in [1.54, 1.807) is 36.4 Å². The molecular weight excluding hydrogens is 358 g/mol. The molecule has 1 N–H and O–H groups in total. The number of non-ortho nitro benzene ring substituents is 1. The largest absolute Gasteiger partial charge is 0.455 e. The highest BCUT2D eigenvalue weighted by molar-refractivity contribution is 6.33. The topological polar surface area (TPSA) is 97.7 Å². The summed E-state index contributed by atoms with van der Waals surface area (Å²) in [6.07, 6.45) is 1.33. The van der Waals surface area contributed by atoms with Crippen molar-refractivity contribution in [3.05, 3.63) is 87.1 Å². The summed E-state index contributed by atoms with van der Waals surface area (Å²) >= 11 is 6.09. The first kappa shape index (κ1) is 17.4. The minimum Gasteiger partial charge on any atom is -0.455 e. The van der Waals surface area contributed by atoms with Crippen molar-refractivity contribution in [2.24, 2.45) is 5.10 Å². The van der Waals surface area contributed by atoms with E-state index in [9.17, 15) is 14.9 Å². The molecule has 0 atom stereocenters. The number of nitrogens with one attached hydrogen (secondary N) is 1. The van der Waals surface area contributed by atoms with Gasteiger partial charge in [0.25, 0.3) is 11.6 Å². The molecule has 7 nitrogen and oxygen atoms in total. The molecule has 0 radical (unpaired) electrons. The average Bonchev–Trinajstić information content (AvgIpc) is 3.11. The van der Waals surface area contributed by atoms with Gasteiger partial charge in [-0.3, -0.25) is 14.9 Å². The van der Waals surface area contributed by atoms with Crippen molar-refractivity contribution in [3.63, 3.8) is 0 Å². The Morgan fingerprint density at radius 1 is 1.15 bits per heavy atom. The lowest BCUT2D eigenvalue weighted by atomic mass is 10.1. The van der Waals surface area contributed by atoms with Crippen LogP contribution in [0.4, 0.5) is 5.69 Å². The Kier molecular flexibility index (Phi) is 5.09. The predicted molar refractivity (Wildman–Crippen MR) is 97.3 cm³/mol. The fraction of sp³-hybridized carbons (Fsp3) is 0. The van der Waals surface area contributed by atoms with E-state index in [0.29, 0.717) is 27.7 Å². The van der Waals surface area contributed by atoms with E-state index in [1.165, 1.54) is 24.4 Å². The van der Waals surface area contributed by atoms with Gasteiger partial charge in [0.1, 0.15) is 11.5 Å². The third-order valence-corrected chi connectivity index (χ3v) is 3.78. The number of hydrazone groups is 1. The molecule has 0 aliphatic carbocycles. The minimum absolute atomic E-state index is 0.0915. The van der Waals surface area contributed by atoms with E-state index in [2.05, 4.69) is 10.5 Å². The van der Waals surface area contributed by atoms with Gasteiger partial charge in [-0.05, 0) is 30.3 Å². The summed E-state index contributed by atoms with van der Waals surface area (Å²) in [6, 6.07) is 16.0. The van der Waals surface area contributed by atoms with Crippen LogP contribution in [0.1, 0.15) is 16.1 Å². The van der Waals surface area contributed by atoms with Crippen molar-refractivity contribution in [1.82, 2.24) is 5.43 Å². The van der Waals surface area contributed by atoms with Gasteiger partial charge in [0.2, 0.25) is 0 Å². The van der Waals surface area contributed by atoms with Crippen molar-refractivity contribution >= 4 is 29.4 Å². The fourth-order valence-electron chi connectivity index (χ4n) is 2.19. The van der Waals surface area contributed by atoms with Crippen LogP contribution in [0.15, 0.2) is 70.2 Å². The molecule has 0 unspecified atom stereocenters. The maximum absolute atomic E-state index is 11.9. The molecule has 130 valence electrons. The van der Waals surface area contributed by atoms with Gasteiger partial charge in [-0.2, -0.15) is 5.10 Å². The number of hydrogen-bond acceptors (Lipinski definition) is 5. The monoisotopic (exact) mass is 369 g/mol. The number of carbonyl (C=O) groups excluding carboxylic acids is 1. The highest BCUT2D eigenvalue weighted by atomic mass is 35.5. The van der Waals surface area contributed by atoms with Crippen LogP contribution < -0.4 is 5.43 Å². The molecule has 1 heterocycles. The summed E-state index contributed by atoms with van der Waals surface area (Å²) in [6.45, 7) is 0. The number of furan rings is 1. The lowest BCUT2D eigenvalue weighted by Gasteiger charge is -2.00. The van der Waals surface area contributed by atoms with Crippen LogP contribution in [0.5, 0.6) is 0 Å². The van der Waals surface area contributed by atoms with Crippen LogP contribution >= 0.6 is 11.6 Å². The van der Waals surface area contributed by atoms with E-state index in [1.807, 2.05) is 6.07 Å². The first-order valence-electron chi connectivity index (χ1n) is 7.47. The standard InChI is InChI=1S/C18H12ClN3O4/c19-16-8-6-13(22(24)25)10-15(16)17-9-7-14(26-17)11-20-21-18(23)12-4-2-1-3-5-12/h1-11H,(H,21,23). The van der Waals surface area contributed by atoms with Crippen LogP contribution in [0, 0.1) is 10.1 Å². The number of hydrogen-bond donors (Lipinski definition) is 1.